The lowest BCUT2D eigenvalue weighted by Crippen LogP contribution is -2.25. The van der Waals surface area contributed by atoms with Crippen molar-refractivity contribution < 1.29 is 55.7 Å². The van der Waals surface area contributed by atoms with Gasteiger partial charge in [-0.1, -0.05) is 222 Å². The van der Waals surface area contributed by atoms with E-state index in [1.807, 2.05) is 199 Å². The third-order valence-electron chi connectivity index (χ3n) is 14.3. The molecule has 0 saturated heterocycles. The fourth-order valence-corrected chi connectivity index (χ4v) is 15.8. The molecule has 0 aromatic heterocycles. The smallest absolute Gasteiger partial charge is 0.390 e. The van der Waals surface area contributed by atoms with E-state index in [9.17, 15) is 18.3 Å². The Morgan fingerprint density at radius 2 is 0.564 bits per heavy atom. The number of nitrogens with one attached hydrogen (secondary N) is 10. The predicted molar refractivity (Wildman–Crippen MR) is 499 cm³/mol. The van der Waals surface area contributed by atoms with Gasteiger partial charge in [-0.15, -0.1) is 19.3 Å². The van der Waals surface area contributed by atoms with Gasteiger partial charge in [0.1, 0.15) is 40.2 Å². The van der Waals surface area contributed by atoms with Gasteiger partial charge in [-0.05, 0) is 215 Å². The molecule has 0 saturated carbocycles. The van der Waals surface area contributed by atoms with Crippen molar-refractivity contribution in [1.82, 2.24) is 49.9 Å². The van der Waals surface area contributed by atoms with Crippen LogP contribution in [0.5, 0.6) is 40.2 Å². The largest absolute Gasteiger partial charge is 0.433 e. The molecule has 0 heterocycles. The number of hydroxylamine groups is 4. The summed E-state index contributed by atoms with van der Waals surface area (Å²) in [5.41, 5.74) is 22.4. The van der Waals surface area contributed by atoms with E-state index in [0.717, 1.165) is 123 Å². The van der Waals surface area contributed by atoms with Crippen molar-refractivity contribution in [2.75, 3.05) is 112 Å². The van der Waals surface area contributed by atoms with Crippen LogP contribution in [-0.2, 0) is 34.6 Å². The van der Waals surface area contributed by atoms with Crippen LogP contribution in [0.2, 0.25) is 0 Å². The van der Waals surface area contributed by atoms with E-state index in [-0.39, 0.29) is 12.8 Å². The van der Waals surface area contributed by atoms with Crippen LogP contribution in [0.25, 0.3) is 0 Å². The summed E-state index contributed by atoms with van der Waals surface area (Å²) in [4.78, 5) is 60.9. The van der Waals surface area contributed by atoms with E-state index in [0.29, 0.717) is 52.2 Å². The maximum Gasteiger partial charge on any atom is 0.390 e. The maximum atomic E-state index is 12.8. The van der Waals surface area contributed by atoms with Crippen molar-refractivity contribution in [3.05, 3.63) is 230 Å². The average molecular weight is 1790 g/mol. The van der Waals surface area contributed by atoms with Crippen molar-refractivity contribution >= 4 is 65.3 Å². The zero-order valence-electron chi connectivity index (χ0n) is 71.9. The minimum absolute atomic E-state index is 0. The van der Waals surface area contributed by atoms with E-state index in [4.69, 9.17) is 57.1 Å². The summed E-state index contributed by atoms with van der Waals surface area (Å²) in [6, 6.07) is 60.8. The molecule has 38 heteroatoms. The number of para-hydroxylation sites is 3. The van der Waals surface area contributed by atoms with Gasteiger partial charge < -0.3 is 37.4 Å². The molecule has 7 rings (SSSR count). The van der Waals surface area contributed by atoms with Crippen LogP contribution in [0.4, 0.5) is 0 Å². The van der Waals surface area contributed by atoms with Crippen LogP contribution >= 0.6 is 65.3 Å². The van der Waals surface area contributed by atoms with Crippen LogP contribution < -0.4 is 63.4 Å². The van der Waals surface area contributed by atoms with E-state index >= 15 is 0 Å². The highest BCUT2D eigenvalue weighted by molar-refractivity contribution is 7.56. The molecule has 0 radical (unpaired) electrons. The van der Waals surface area contributed by atoms with Gasteiger partial charge in [0.2, 0.25) is 0 Å². The molecule has 0 fully saturated rings. The van der Waals surface area contributed by atoms with E-state index in [1.54, 1.807) is 38.4 Å². The predicted octanol–water partition coefficient (Wildman–Crippen LogP) is 23.2. The minimum Gasteiger partial charge on any atom is -0.433 e. The summed E-state index contributed by atoms with van der Waals surface area (Å²) in [6.07, 6.45) is 6.49. The Balaban J connectivity index is -0.000000435. The van der Waals surface area contributed by atoms with Gasteiger partial charge in [0.25, 0.3) is 0 Å². The van der Waals surface area contributed by atoms with Crippen molar-refractivity contribution in [3.8, 4) is 40.2 Å². The quantitative estimate of drug-likeness (QED) is 0.00966. The van der Waals surface area contributed by atoms with Gasteiger partial charge in [-0.25, -0.2) is 35.1 Å². The van der Waals surface area contributed by atoms with Gasteiger partial charge >= 0.3 is 30.4 Å². The second kappa shape index (κ2) is 74.8. The normalized spacial score (nSPS) is 11.8. The Labute approximate surface area is 707 Å². The van der Waals surface area contributed by atoms with Gasteiger partial charge in [-0.3, -0.25) is 13.7 Å². The second-order valence-electron chi connectivity index (χ2n) is 23.7. The van der Waals surface area contributed by atoms with E-state index < -0.39 is 30.4 Å². The molecule has 0 spiro atoms. The molecule has 0 amide bonds. The number of hydrogen-bond acceptors (Lipinski definition) is 24. The van der Waals surface area contributed by atoms with Crippen molar-refractivity contribution in [3.63, 3.8) is 0 Å². The Morgan fingerprint density at radius 1 is 0.342 bits per heavy atom. The first kappa shape index (κ1) is 119. The van der Waals surface area contributed by atoms with Gasteiger partial charge in [0.05, 0.1) is 0 Å². The van der Waals surface area contributed by atoms with Crippen LogP contribution in [0.15, 0.2) is 188 Å². The van der Waals surface area contributed by atoms with Crippen molar-refractivity contribution in [2.45, 2.75) is 136 Å². The molecular formula is C79H140N14O16P8. The molecule has 117 heavy (non-hydrogen) atoms. The molecule has 10 N–H and O–H groups in total. The third kappa shape index (κ3) is 56.8. The molecule has 30 nitrogen and oxygen atoms in total. The zero-order chi connectivity index (χ0) is 88.7. The first-order chi connectivity index (χ1) is 55.7. The van der Waals surface area contributed by atoms with E-state index in [2.05, 4.69) is 148 Å². The summed E-state index contributed by atoms with van der Waals surface area (Å²) in [5.74, 6) is 5.33. The van der Waals surface area contributed by atoms with Crippen LogP contribution in [0.3, 0.4) is 0 Å². The highest BCUT2D eigenvalue weighted by Gasteiger charge is 2.26. The molecular weight excluding hydrogens is 1650 g/mol. The van der Waals surface area contributed by atoms with Crippen molar-refractivity contribution in [2.24, 2.45) is 0 Å². The Morgan fingerprint density at radius 3 is 0.786 bits per heavy atom. The van der Waals surface area contributed by atoms with Crippen LogP contribution in [0, 0.1) is 42.0 Å². The summed E-state index contributed by atoms with van der Waals surface area (Å²) in [7, 11) is -3.86. The topological polar surface area (TPSA) is 391 Å². The van der Waals surface area contributed by atoms with Gasteiger partial charge in [0.15, 0.2) is 0 Å². The zero-order valence-corrected chi connectivity index (χ0v) is 79.5. The maximum absolute atomic E-state index is 12.8. The van der Waals surface area contributed by atoms with Crippen molar-refractivity contribution in [1.29, 1.82) is 22.4 Å². The number of nitrogens with zero attached hydrogens (tertiary/aromatic N) is 4. The first-order valence-electron chi connectivity index (χ1n) is 38.2. The molecule has 7 aromatic carbocycles. The summed E-state index contributed by atoms with van der Waals surface area (Å²) in [6.45, 7) is 42.4. The Bertz CT molecular complexity index is 3440. The molecule has 0 aliphatic rings. The third-order valence-corrected chi connectivity index (χ3v) is 25.3. The van der Waals surface area contributed by atoms with E-state index in [1.165, 1.54) is 32.4 Å². The molecule has 662 valence electrons. The van der Waals surface area contributed by atoms with Crippen LogP contribution in [-0.4, -0.2) is 131 Å². The molecule has 6 atom stereocenters. The SMILES string of the molecule is C.CCC.CCNP(=O)(NCC)OC.CCNP(=O)(NCC)Oc1ccc(C(C)(C)c2ccc(ON(CC)PCC)cc2)cc1.CCPN(CC)Oc1ccccc1.CCPN(CC)Oc1ccccc1.CCPN(CC)Oc1ccccc1.CNP(C)(=O)Oc1ccc(Cc2ccc(OP(C)(=O)NC)cc2)cc1.N=O.N=O.N=O.N=O. The first-order valence-corrected chi connectivity index (χ1v) is 50.2. The fraction of sp³-hybridized carbons (Fsp3) is 0.468. The van der Waals surface area contributed by atoms with Gasteiger partial charge in [0, 0.05) is 78.2 Å². The minimum atomic E-state index is -3.10. The molecule has 7 aromatic rings. The lowest BCUT2D eigenvalue weighted by atomic mass is 9.78. The highest BCUT2D eigenvalue weighted by Crippen LogP contribution is 2.42. The van der Waals surface area contributed by atoms with Crippen LogP contribution in [0.1, 0.15) is 147 Å². The number of rotatable bonds is 41. The number of hydrogen-bond donors (Lipinski definition) is 10. The molecule has 0 aliphatic carbocycles. The summed E-state index contributed by atoms with van der Waals surface area (Å²) >= 11 is 0. The second-order valence-corrected chi connectivity index (χ2v) is 38.5. The Hall–Kier alpha value is -6.26. The fourth-order valence-electron chi connectivity index (χ4n) is 8.88. The highest BCUT2D eigenvalue weighted by atomic mass is 31.2. The molecule has 0 bridgehead atoms. The summed E-state index contributed by atoms with van der Waals surface area (Å²) in [5, 5.41) is 16.6. The monoisotopic (exact) mass is 1790 g/mol. The summed E-state index contributed by atoms with van der Waals surface area (Å²) < 4.78 is 69.3. The molecule has 0 aliphatic heterocycles. The van der Waals surface area contributed by atoms with Gasteiger partial charge in [-0.2, -0.15) is 19.6 Å². The number of benzene rings is 7. The lowest BCUT2D eigenvalue weighted by molar-refractivity contribution is 0.0508. The Kier molecular flexibility index (Phi) is 76.2. The molecule has 6 unspecified atom stereocenters. The number of nitroso groups, excluding NO2 is 4. The average Bonchev–Trinajstić information content (AvgIpc) is 0.798. The lowest BCUT2D eigenvalue weighted by Gasteiger charge is -2.27. The standard InChI is InChI=1S/C23H37N3O3P2.C17H24N2O4P2.3C10H16NOP.C5H15N2O2P.C3H8.CH4.4HNO/c1-7-24-31(27,25-8-2)29-22-17-13-20(14-18-22)23(5,6)19-11-15-21(16-12-19)28-26(9-3)30-10-4;1-18-24(3,20)22-16-9-5-14(6-10-16)13-15-7-11-17(12-8-15)23-25(4,21)19-2;3*1-3-11(13-4-2)12-10-8-6-5-7-9-10;1-4-6-10(8,9-3)7-5-2;1-3-2;;4*1-2/h11-18,30H,7-10H2,1-6H3,(H2,24,25,27);5-12H,13H2,1-4H3,(H,18,20)(H,19,21);3*5-9,13H,3-4H2,1-2H3;4-5H2,1-3H3,(H2,6,7,8);3H2,1-2H3;1H4;4*1H.